The van der Waals surface area contributed by atoms with Crippen LogP contribution in [0.4, 0.5) is 17.1 Å². The molecule has 0 aliphatic carbocycles. The van der Waals surface area contributed by atoms with Crippen LogP contribution < -0.4 is 4.90 Å². The average Bonchev–Trinajstić information content (AvgIpc) is 3.57. The van der Waals surface area contributed by atoms with Crippen LogP contribution in [0.3, 0.4) is 0 Å². The molecular formula is C50H33N3. The molecule has 53 heavy (non-hydrogen) atoms. The number of hydrogen-bond donors (Lipinski definition) is 0. The van der Waals surface area contributed by atoms with Crippen LogP contribution in [0.1, 0.15) is 27.8 Å². The number of nitriles is 1. The zero-order valence-corrected chi connectivity index (χ0v) is 28.9. The molecule has 0 amide bonds. The third kappa shape index (κ3) is 4.46. The lowest BCUT2D eigenvalue weighted by atomic mass is 9.62. The van der Waals surface area contributed by atoms with Gasteiger partial charge in [-0.25, -0.2) is 0 Å². The number of nitrogens with zero attached hydrogens (tertiary/aromatic N) is 3. The third-order valence-corrected chi connectivity index (χ3v) is 10.9. The number of benzene rings is 8. The Bertz CT molecular complexity index is 2720. The number of rotatable bonds is 5. The smallest absolute Gasteiger partial charge is 0.101 e. The minimum atomic E-state index is -0.560. The molecule has 9 aromatic rings. The second-order valence-corrected chi connectivity index (χ2v) is 13.6. The van der Waals surface area contributed by atoms with E-state index in [0.29, 0.717) is 5.56 Å². The van der Waals surface area contributed by atoms with Crippen molar-refractivity contribution < 1.29 is 0 Å². The lowest BCUT2D eigenvalue weighted by Gasteiger charge is -2.46. The van der Waals surface area contributed by atoms with Crippen LogP contribution in [0.5, 0.6) is 0 Å². The van der Waals surface area contributed by atoms with Crippen LogP contribution in [0.2, 0.25) is 0 Å². The van der Waals surface area contributed by atoms with Crippen molar-refractivity contribution in [3.05, 3.63) is 228 Å². The van der Waals surface area contributed by atoms with Crippen LogP contribution in [-0.2, 0) is 5.41 Å². The SMILES string of the molecule is N#Cc1cccc(-c2ccccc2N2c3ccccc3C(c3ccccc3)(c3ccccc3)c3ccccc32)c1-n1c2ccccc2c2ccccc21. The van der Waals surface area contributed by atoms with E-state index in [-0.39, 0.29) is 0 Å². The summed E-state index contributed by atoms with van der Waals surface area (Å²) in [6.45, 7) is 0. The molecule has 0 radical (unpaired) electrons. The molecule has 1 aromatic heterocycles. The van der Waals surface area contributed by atoms with Crippen molar-refractivity contribution in [2.24, 2.45) is 0 Å². The van der Waals surface area contributed by atoms with Gasteiger partial charge < -0.3 is 9.47 Å². The van der Waals surface area contributed by atoms with Crippen molar-refractivity contribution in [1.82, 2.24) is 4.57 Å². The van der Waals surface area contributed by atoms with Gasteiger partial charge in [0.15, 0.2) is 0 Å². The highest BCUT2D eigenvalue weighted by molar-refractivity contribution is 6.10. The molecule has 0 saturated carbocycles. The number of hydrogen-bond acceptors (Lipinski definition) is 2. The minimum absolute atomic E-state index is 0.560. The molecular weight excluding hydrogens is 643 g/mol. The summed E-state index contributed by atoms with van der Waals surface area (Å²) in [6, 6.07) is 73.8. The molecule has 0 atom stereocenters. The summed E-state index contributed by atoms with van der Waals surface area (Å²) >= 11 is 0. The third-order valence-electron chi connectivity index (χ3n) is 10.9. The van der Waals surface area contributed by atoms with Gasteiger partial charge in [-0.2, -0.15) is 5.26 Å². The molecule has 0 unspecified atom stereocenters. The van der Waals surface area contributed by atoms with Crippen molar-refractivity contribution in [2.75, 3.05) is 4.90 Å². The van der Waals surface area contributed by atoms with Crippen molar-refractivity contribution in [2.45, 2.75) is 5.41 Å². The Morgan fingerprint density at radius 2 is 0.849 bits per heavy atom. The van der Waals surface area contributed by atoms with Gasteiger partial charge in [0.05, 0.1) is 44.8 Å². The van der Waals surface area contributed by atoms with Crippen LogP contribution >= 0.6 is 0 Å². The first-order valence-electron chi connectivity index (χ1n) is 18.0. The molecule has 8 aromatic carbocycles. The van der Waals surface area contributed by atoms with Gasteiger partial charge in [0.1, 0.15) is 6.07 Å². The maximum absolute atomic E-state index is 10.7. The molecule has 1 aliphatic heterocycles. The zero-order chi connectivity index (χ0) is 35.4. The molecule has 0 saturated heterocycles. The first-order chi connectivity index (χ1) is 26.3. The van der Waals surface area contributed by atoms with E-state index in [9.17, 15) is 5.26 Å². The van der Waals surface area contributed by atoms with Crippen LogP contribution in [0, 0.1) is 11.3 Å². The average molecular weight is 676 g/mol. The van der Waals surface area contributed by atoms with Crippen LogP contribution in [0.25, 0.3) is 38.6 Å². The number of anilines is 3. The molecule has 248 valence electrons. The topological polar surface area (TPSA) is 32.0 Å². The lowest BCUT2D eigenvalue weighted by Crippen LogP contribution is -2.37. The number of fused-ring (bicyclic) bond motifs is 5. The molecule has 0 spiro atoms. The number of aromatic nitrogens is 1. The maximum atomic E-state index is 10.7. The van der Waals surface area contributed by atoms with Crippen molar-refractivity contribution >= 4 is 38.9 Å². The maximum Gasteiger partial charge on any atom is 0.101 e. The Morgan fingerprint density at radius 3 is 1.42 bits per heavy atom. The normalized spacial score (nSPS) is 13.0. The Labute approximate surface area is 308 Å². The summed E-state index contributed by atoms with van der Waals surface area (Å²) in [5.41, 5.74) is 13.2. The van der Waals surface area contributed by atoms with Crippen molar-refractivity contribution in [3.8, 4) is 22.9 Å². The molecule has 0 N–H and O–H groups in total. The molecule has 0 bridgehead atoms. The fourth-order valence-electron chi connectivity index (χ4n) is 8.82. The summed E-state index contributed by atoms with van der Waals surface area (Å²) in [5.74, 6) is 0. The van der Waals surface area contributed by atoms with Gasteiger partial charge in [-0.15, -0.1) is 0 Å². The van der Waals surface area contributed by atoms with E-state index >= 15 is 0 Å². The fourth-order valence-corrected chi connectivity index (χ4v) is 8.82. The van der Waals surface area contributed by atoms with Gasteiger partial charge in [0, 0.05) is 21.9 Å². The first kappa shape index (κ1) is 30.7. The summed E-state index contributed by atoms with van der Waals surface area (Å²) in [4.78, 5) is 2.43. The first-order valence-corrected chi connectivity index (χ1v) is 18.0. The number of para-hydroxylation sites is 6. The van der Waals surface area contributed by atoms with Crippen molar-refractivity contribution in [1.29, 1.82) is 5.26 Å². The summed E-state index contributed by atoms with van der Waals surface area (Å²) in [6.07, 6.45) is 0. The highest BCUT2D eigenvalue weighted by Gasteiger charge is 2.46. The second kappa shape index (κ2) is 12.3. The summed E-state index contributed by atoms with van der Waals surface area (Å²) in [7, 11) is 0. The van der Waals surface area contributed by atoms with E-state index < -0.39 is 5.41 Å². The predicted octanol–water partition coefficient (Wildman–Crippen LogP) is 12.5. The standard InChI is InChI=1S/C50H33N3/c51-34-35-18-17-26-41(49(35)53-45-30-13-7-23-38(45)39-24-8-14-31-46(39)53)40-25-9-12-29-44(40)52-47-32-15-10-27-42(47)50(36-19-3-1-4-20-36,37-21-5-2-6-22-37)43-28-11-16-33-48(43)52/h1-33H. The molecule has 0 fully saturated rings. The van der Waals surface area contributed by atoms with Crippen LogP contribution in [0.15, 0.2) is 200 Å². The quantitative estimate of drug-likeness (QED) is 0.182. The van der Waals surface area contributed by atoms with E-state index in [4.69, 9.17) is 0 Å². The van der Waals surface area contributed by atoms with Gasteiger partial charge in [-0.05, 0) is 58.7 Å². The second-order valence-electron chi connectivity index (χ2n) is 13.6. The Kier molecular flexibility index (Phi) is 7.09. The van der Waals surface area contributed by atoms with Gasteiger partial charge >= 0.3 is 0 Å². The fraction of sp³-hybridized carbons (Fsp3) is 0.0200. The van der Waals surface area contributed by atoms with Gasteiger partial charge in [0.25, 0.3) is 0 Å². The van der Waals surface area contributed by atoms with Gasteiger partial charge in [-0.3, -0.25) is 0 Å². The zero-order valence-electron chi connectivity index (χ0n) is 28.9. The molecule has 2 heterocycles. The minimum Gasteiger partial charge on any atom is -0.309 e. The highest BCUT2D eigenvalue weighted by atomic mass is 15.2. The molecule has 3 nitrogen and oxygen atoms in total. The summed E-state index contributed by atoms with van der Waals surface area (Å²) in [5, 5.41) is 13.0. The van der Waals surface area contributed by atoms with Gasteiger partial charge in [-0.1, -0.05) is 164 Å². The van der Waals surface area contributed by atoms with E-state index in [0.717, 1.165) is 55.7 Å². The predicted molar refractivity (Wildman–Crippen MR) is 217 cm³/mol. The molecule has 3 heteroatoms. The van der Waals surface area contributed by atoms with E-state index in [2.05, 4.69) is 204 Å². The van der Waals surface area contributed by atoms with E-state index in [1.54, 1.807) is 0 Å². The largest absolute Gasteiger partial charge is 0.309 e. The Morgan fingerprint density at radius 1 is 0.396 bits per heavy atom. The van der Waals surface area contributed by atoms with E-state index in [1.165, 1.54) is 22.3 Å². The summed E-state index contributed by atoms with van der Waals surface area (Å²) < 4.78 is 2.28. The van der Waals surface area contributed by atoms with Gasteiger partial charge in [0.2, 0.25) is 0 Å². The van der Waals surface area contributed by atoms with Crippen molar-refractivity contribution in [3.63, 3.8) is 0 Å². The van der Waals surface area contributed by atoms with E-state index in [1.807, 2.05) is 12.1 Å². The Balaban J connectivity index is 1.28. The lowest BCUT2D eigenvalue weighted by molar-refractivity contribution is 0.731. The molecule has 1 aliphatic rings. The van der Waals surface area contributed by atoms with Crippen LogP contribution in [-0.4, -0.2) is 4.57 Å². The monoisotopic (exact) mass is 675 g/mol. The highest BCUT2D eigenvalue weighted by Crippen LogP contribution is 2.58. The molecule has 10 rings (SSSR count). The Hall–Kier alpha value is -7.15.